The van der Waals surface area contributed by atoms with E-state index in [1.165, 1.54) is 6.08 Å². The van der Waals surface area contributed by atoms with Crippen molar-refractivity contribution >= 4 is 0 Å². The third-order valence-corrected chi connectivity index (χ3v) is 1.43. The molecule has 0 rings (SSSR count). The maximum Gasteiger partial charge on any atom is 0.116 e. The summed E-state index contributed by atoms with van der Waals surface area (Å²) in [6.07, 6.45) is 2.98. The average molecular weight is 154 g/mol. The molecule has 0 amide bonds. The van der Waals surface area contributed by atoms with Crippen LogP contribution in [0, 0.1) is 5.41 Å². The highest BCUT2D eigenvalue weighted by Gasteiger charge is 2.11. The van der Waals surface area contributed by atoms with Gasteiger partial charge >= 0.3 is 0 Å². The molecule has 0 aliphatic rings. The fourth-order valence-corrected chi connectivity index (χ4v) is 0.441. The Morgan fingerprint density at radius 1 is 1.18 bits per heavy atom. The first-order valence-electron chi connectivity index (χ1n) is 3.56. The topological polar surface area (TPSA) is 0 Å². The third kappa shape index (κ3) is 4.54. The van der Waals surface area contributed by atoms with Gasteiger partial charge in [0, 0.05) is 0 Å². The van der Waals surface area contributed by atoms with Crippen LogP contribution >= 0.6 is 0 Å². The molecule has 0 saturated heterocycles. The number of hydrogen-bond acceptors (Lipinski definition) is 0. The van der Waals surface area contributed by atoms with E-state index < -0.39 is 5.83 Å². The Labute approximate surface area is 68.1 Å². The monoisotopic (exact) mass is 154 g/mol. The first kappa shape index (κ1) is 10.2. The molecule has 0 saturated carbocycles. The van der Waals surface area contributed by atoms with Crippen LogP contribution in [0.5, 0.6) is 0 Å². The molecule has 0 unspecified atom stereocenters. The lowest BCUT2D eigenvalue weighted by Gasteiger charge is -2.18. The van der Waals surface area contributed by atoms with Crippen LogP contribution in [0.4, 0.5) is 4.39 Å². The summed E-state index contributed by atoms with van der Waals surface area (Å²) in [5.74, 6) is -0.435. The van der Waals surface area contributed by atoms with Crippen LogP contribution < -0.4 is 0 Å². The Balaban J connectivity index is 4.20. The van der Waals surface area contributed by atoms with Crippen molar-refractivity contribution in [2.24, 2.45) is 5.41 Å². The van der Waals surface area contributed by atoms with Gasteiger partial charge < -0.3 is 0 Å². The van der Waals surface area contributed by atoms with Crippen molar-refractivity contribution < 1.29 is 4.39 Å². The van der Waals surface area contributed by atoms with Gasteiger partial charge in [-0.2, -0.15) is 0 Å². The molecule has 0 aliphatic carbocycles. The van der Waals surface area contributed by atoms with Crippen LogP contribution in [0.3, 0.4) is 0 Å². The minimum atomic E-state index is -0.435. The van der Waals surface area contributed by atoms with E-state index in [0.717, 1.165) is 5.57 Å². The molecule has 0 N–H and O–H groups in total. The van der Waals surface area contributed by atoms with Crippen molar-refractivity contribution in [1.29, 1.82) is 0 Å². The lowest BCUT2D eigenvalue weighted by Crippen LogP contribution is -2.05. The van der Waals surface area contributed by atoms with Crippen LogP contribution in [0.1, 0.15) is 20.8 Å². The Morgan fingerprint density at radius 2 is 1.64 bits per heavy atom. The standard InChI is InChI=1S/C10H15F/c1-8(10(3,4)5)6-7-9(2)11/h6-7H,1-2H2,3-5H3/b7-6-. The second kappa shape index (κ2) is 3.51. The Bertz CT molecular complexity index is 191. The van der Waals surface area contributed by atoms with Gasteiger partial charge in [0.2, 0.25) is 0 Å². The summed E-state index contributed by atoms with van der Waals surface area (Å²) in [5.41, 5.74) is 0.905. The Hall–Kier alpha value is -0.850. The molecule has 0 aliphatic heterocycles. The van der Waals surface area contributed by atoms with E-state index in [0.29, 0.717) is 0 Å². The van der Waals surface area contributed by atoms with Crippen LogP contribution in [-0.4, -0.2) is 0 Å². The lowest BCUT2D eigenvalue weighted by atomic mass is 9.87. The SMILES string of the molecule is C=C(F)/C=C\C(=C)C(C)(C)C. The van der Waals surface area contributed by atoms with Gasteiger partial charge in [0.25, 0.3) is 0 Å². The van der Waals surface area contributed by atoms with E-state index >= 15 is 0 Å². The molecule has 0 aromatic carbocycles. The molecule has 0 spiro atoms. The van der Waals surface area contributed by atoms with Gasteiger partial charge in [-0.05, 0) is 17.1 Å². The second-order valence-electron chi connectivity index (χ2n) is 3.56. The molecule has 1 heteroatoms. The smallest absolute Gasteiger partial charge is 0.116 e. The number of halogens is 1. The predicted octanol–water partition coefficient (Wildman–Crippen LogP) is 3.63. The largest absolute Gasteiger partial charge is 0.208 e. The minimum absolute atomic E-state index is 0.00590. The molecule has 0 heterocycles. The van der Waals surface area contributed by atoms with E-state index in [-0.39, 0.29) is 5.41 Å². The number of hydrogen-bond donors (Lipinski definition) is 0. The van der Waals surface area contributed by atoms with Crippen molar-refractivity contribution in [3.8, 4) is 0 Å². The van der Waals surface area contributed by atoms with E-state index in [9.17, 15) is 4.39 Å². The average Bonchev–Trinajstić information content (AvgIpc) is 1.80. The zero-order valence-electron chi connectivity index (χ0n) is 7.45. The molecule has 0 bridgehead atoms. The quantitative estimate of drug-likeness (QED) is 0.533. The summed E-state index contributed by atoms with van der Waals surface area (Å²) in [5, 5.41) is 0. The highest BCUT2D eigenvalue weighted by molar-refractivity contribution is 5.25. The van der Waals surface area contributed by atoms with Crippen molar-refractivity contribution in [1.82, 2.24) is 0 Å². The van der Waals surface area contributed by atoms with Crippen molar-refractivity contribution in [3.05, 3.63) is 36.7 Å². The molecule has 0 nitrogen and oxygen atoms in total. The molecular weight excluding hydrogens is 139 g/mol. The van der Waals surface area contributed by atoms with Gasteiger partial charge in [0.1, 0.15) is 5.83 Å². The first-order chi connectivity index (χ1) is 4.84. The fraction of sp³-hybridized carbons (Fsp3) is 0.400. The van der Waals surface area contributed by atoms with E-state index in [2.05, 4.69) is 13.2 Å². The minimum Gasteiger partial charge on any atom is -0.208 e. The molecule has 62 valence electrons. The van der Waals surface area contributed by atoms with E-state index in [1.54, 1.807) is 6.08 Å². The maximum atomic E-state index is 12.1. The summed E-state index contributed by atoms with van der Waals surface area (Å²) in [6, 6.07) is 0. The van der Waals surface area contributed by atoms with Gasteiger partial charge in [-0.15, -0.1) is 0 Å². The second-order valence-corrected chi connectivity index (χ2v) is 3.56. The van der Waals surface area contributed by atoms with Gasteiger partial charge in [-0.25, -0.2) is 4.39 Å². The molecule has 0 fully saturated rings. The maximum absolute atomic E-state index is 12.1. The van der Waals surface area contributed by atoms with Crippen molar-refractivity contribution in [2.45, 2.75) is 20.8 Å². The third-order valence-electron chi connectivity index (χ3n) is 1.43. The van der Waals surface area contributed by atoms with Crippen LogP contribution in [0.15, 0.2) is 36.7 Å². The highest BCUT2D eigenvalue weighted by Crippen LogP contribution is 2.24. The normalized spacial score (nSPS) is 12.0. The van der Waals surface area contributed by atoms with Crippen molar-refractivity contribution in [3.63, 3.8) is 0 Å². The van der Waals surface area contributed by atoms with Crippen LogP contribution in [0.2, 0.25) is 0 Å². The number of allylic oxidation sites excluding steroid dienone is 4. The van der Waals surface area contributed by atoms with Crippen LogP contribution in [0.25, 0.3) is 0 Å². The summed E-state index contributed by atoms with van der Waals surface area (Å²) in [6.45, 7) is 13.0. The Morgan fingerprint density at radius 3 is 1.91 bits per heavy atom. The van der Waals surface area contributed by atoms with Gasteiger partial charge in [-0.3, -0.25) is 0 Å². The van der Waals surface area contributed by atoms with E-state index in [4.69, 9.17) is 0 Å². The van der Waals surface area contributed by atoms with Gasteiger partial charge in [0.15, 0.2) is 0 Å². The number of rotatable bonds is 2. The molecule has 0 aromatic heterocycles. The first-order valence-corrected chi connectivity index (χ1v) is 3.56. The molecule has 0 radical (unpaired) electrons. The summed E-state index contributed by atoms with van der Waals surface area (Å²) in [7, 11) is 0. The molecular formula is C10H15F. The zero-order chi connectivity index (χ0) is 9.07. The highest BCUT2D eigenvalue weighted by atomic mass is 19.1. The predicted molar refractivity (Wildman–Crippen MR) is 48.0 cm³/mol. The van der Waals surface area contributed by atoms with Crippen molar-refractivity contribution in [2.75, 3.05) is 0 Å². The lowest BCUT2D eigenvalue weighted by molar-refractivity contribution is 0.518. The molecule has 0 atom stereocenters. The summed E-state index contributed by atoms with van der Waals surface area (Å²) >= 11 is 0. The molecule has 0 aromatic rings. The van der Waals surface area contributed by atoms with Gasteiger partial charge in [0.05, 0.1) is 0 Å². The van der Waals surface area contributed by atoms with E-state index in [1.807, 2.05) is 20.8 Å². The summed E-state index contributed by atoms with van der Waals surface area (Å²) < 4.78 is 12.1. The zero-order valence-corrected chi connectivity index (χ0v) is 7.45. The fourth-order valence-electron chi connectivity index (χ4n) is 0.441. The van der Waals surface area contributed by atoms with Crippen LogP contribution in [-0.2, 0) is 0 Å². The summed E-state index contributed by atoms with van der Waals surface area (Å²) in [4.78, 5) is 0. The molecule has 11 heavy (non-hydrogen) atoms. The van der Waals surface area contributed by atoms with Gasteiger partial charge in [-0.1, -0.05) is 40.0 Å². The Kier molecular flexibility index (Phi) is 3.24.